The Bertz CT molecular complexity index is 399. The van der Waals surface area contributed by atoms with Crippen LogP contribution in [0.1, 0.15) is 46.0 Å². The predicted octanol–water partition coefficient (Wildman–Crippen LogP) is 3.35. The number of aliphatic imine (C=N–C) groups is 1. The summed E-state index contributed by atoms with van der Waals surface area (Å²) in [6, 6.07) is 0. The molecule has 21 heavy (non-hydrogen) atoms. The van der Waals surface area contributed by atoms with E-state index in [0.29, 0.717) is 11.7 Å². The van der Waals surface area contributed by atoms with Crippen molar-refractivity contribution in [2.45, 2.75) is 52.1 Å². The fourth-order valence-corrected chi connectivity index (χ4v) is 2.22. The molecule has 0 aromatic rings. The summed E-state index contributed by atoms with van der Waals surface area (Å²) in [5, 5.41) is 3.01. The minimum atomic E-state index is -0.241. The molecule has 4 heteroatoms. The number of nitrogens with one attached hydrogen (secondary N) is 1. The van der Waals surface area contributed by atoms with Crippen LogP contribution in [0.25, 0.3) is 0 Å². The zero-order valence-electron chi connectivity index (χ0n) is 13.7. The Balaban J connectivity index is 2.38. The van der Waals surface area contributed by atoms with Crippen LogP contribution in [0.4, 0.5) is 0 Å². The van der Waals surface area contributed by atoms with Gasteiger partial charge in [-0.05, 0) is 38.8 Å². The van der Waals surface area contributed by atoms with E-state index in [0.717, 1.165) is 0 Å². The highest BCUT2D eigenvalue weighted by molar-refractivity contribution is 5.64. The summed E-state index contributed by atoms with van der Waals surface area (Å²) in [4.78, 5) is 6.21. The molecule has 0 aliphatic heterocycles. The molecule has 0 amide bonds. The summed E-state index contributed by atoms with van der Waals surface area (Å²) >= 11 is 0. The van der Waals surface area contributed by atoms with Crippen molar-refractivity contribution in [2.24, 2.45) is 16.6 Å². The lowest BCUT2D eigenvalue weighted by atomic mass is 9.89. The van der Waals surface area contributed by atoms with Gasteiger partial charge in [0.2, 0.25) is 0 Å². The first-order valence-electron chi connectivity index (χ1n) is 7.78. The van der Waals surface area contributed by atoms with E-state index in [-0.39, 0.29) is 6.17 Å². The van der Waals surface area contributed by atoms with Gasteiger partial charge in [0, 0.05) is 19.5 Å². The first kappa shape index (κ1) is 17.5. The van der Waals surface area contributed by atoms with Crippen LogP contribution in [0.5, 0.6) is 0 Å². The van der Waals surface area contributed by atoms with Gasteiger partial charge in [-0.25, -0.2) is 4.99 Å². The van der Waals surface area contributed by atoms with E-state index in [1.807, 2.05) is 32.0 Å². The average molecular weight is 290 g/mol. The normalized spacial score (nSPS) is 17.9. The van der Waals surface area contributed by atoms with Crippen LogP contribution in [-0.4, -0.2) is 24.3 Å². The molecule has 1 aliphatic carbocycles. The van der Waals surface area contributed by atoms with E-state index in [9.17, 15) is 0 Å². The summed E-state index contributed by atoms with van der Waals surface area (Å²) in [6.45, 7) is 7.86. The van der Waals surface area contributed by atoms with Crippen LogP contribution in [0.3, 0.4) is 0 Å². The fourth-order valence-electron chi connectivity index (χ4n) is 2.22. The van der Waals surface area contributed by atoms with Crippen LogP contribution in [-0.2, 0) is 0 Å². The van der Waals surface area contributed by atoms with Crippen molar-refractivity contribution in [3.05, 3.63) is 36.4 Å². The molecule has 0 spiro atoms. The zero-order chi connectivity index (χ0) is 15.7. The van der Waals surface area contributed by atoms with Crippen LogP contribution in [0.2, 0.25) is 0 Å². The van der Waals surface area contributed by atoms with Gasteiger partial charge >= 0.3 is 0 Å². The van der Waals surface area contributed by atoms with E-state index in [1.165, 1.54) is 37.7 Å². The lowest BCUT2D eigenvalue weighted by Crippen LogP contribution is -2.37. The predicted molar refractivity (Wildman–Crippen MR) is 91.7 cm³/mol. The van der Waals surface area contributed by atoms with Crippen molar-refractivity contribution >= 4 is 6.21 Å². The molecular formula is C17H30N4. The number of rotatable bonds is 7. The minimum absolute atomic E-state index is 0.241. The van der Waals surface area contributed by atoms with Gasteiger partial charge in [0.1, 0.15) is 12.0 Å². The van der Waals surface area contributed by atoms with E-state index >= 15 is 0 Å². The third-order valence-corrected chi connectivity index (χ3v) is 3.62. The molecule has 118 valence electrons. The monoisotopic (exact) mass is 290 g/mol. The summed E-state index contributed by atoms with van der Waals surface area (Å²) in [5.41, 5.74) is 7.25. The fraction of sp³-hybridized carbons (Fsp3) is 0.588. The van der Waals surface area contributed by atoms with E-state index in [4.69, 9.17) is 5.73 Å². The first-order chi connectivity index (χ1) is 9.99. The number of nitrogens with zero attached hydrogens (tertiary/aromatic N) is 2. The van der Waals surface area contributed by atoms with Gasteiger partial charge in [-0.2, -0.15) is 0 Å². The summed E-state index contributed by atoms with van der Waals surface area (Å²) < 4.78 is 0. The maximum atomic E-state index is 6.08. The van der Waals surface area contributed by atoms with Gasteiger partial charge in [-0.3, -0.25) is 0 Å². The standard InChI is InChI=1S/C17H30N4/c1-14(2)12-19-15(3)20-13-17(18)21(4)11-10-16-8-6-5-7-9-16/h10-13,16-17,19H,3,5-9,18H2,1-2,4H3/b11-10+,20-13-. The highest BCUT2D eigenvalue weighted by Gasteiger charge is 2.10. The highest BCUT2D eigenvalue weighted by atomic mass is 15.2. The first-order valence-corrected chi connectivity index (χ1v) is 7.78. The van der Waals surface area contributed by atoms with Crippen LogP contribution in [0, 0.1) is 5.92 Å². The molecule has 0 bridgehead atoms. The second-order valence-corrected chi connectivity index (χ2v) is 5.99. The molecule has 0 aromatic heterocycles. The number of allylic oxidation sites excluding steroid dienone is 2. The van der Waals surface area contributed by atoms with Crippen LogP contribution in [0.15, 0.2) is 41.4 Å². The Morgan fingerprint density at radius 3 is 2.62 bits per heavy atom. The molecule has 1 unspecified atom stereocenters. The topological polar surface area (TPSA) is 53.6 Å². The quantitative estimate of drug-likeness (QED) is 0.558. The Morgan fingerprint density at radius 1 is 1.33 bits per heavy atom. The average Bonchev–Trinajstić information content (AvgIpc) is 2.49. The molecule has 3 N–H and O–H groups in total. The van der Waals surface area contributed by atoms with Gasteiger partial charge in [0.05, 0.1) is 0 Å². The lowest BCUT2D eigenvalue weighted by Gasteiger charge is -2.22. The number of hydrogen-bond donors (Lipinski definition) is 2. The van der Waals surface area contributed by atoms with Gasteiger partial charge in [-0.1, -0.05) is 37.5 Å². The molecule has 1 fully saturated rings. The maximum absolute atomic E-state index is 6.08. The van der Waals surface area contributed by atoms with E-state index < -0.39 is 0 Å². The Kier molecular flexibility index (Phi) is 7.83. The molecule has 0 heterocycles. The highest BCUT2D eigenvalue weighted by Crippen LogP contribution is 2.24. The Labute approximate surface area is 129 Å². The summed E-state index contributed by atoms with van der Waals surface area (Å²) in [6.07, 6.45) is 14.4. The van der Waals surface area contributed by atoms with Crippen molar-refractivity contribution in [2.75, 3.05) is 7.05 Å². The zero-order valence-corrected chi connectivity index (χ0v) is 13.7. The third kappa shape index (κ3) is 7.71. The Hall–Kier alpha value is -1.55. The molecule has 0 radical (unpaired) electrons. The van der Waals surface area contributed by atoms with Gasteiger partial charge < -0.3 is 16.0 Å². The second-order valence-electron chi connectivity index (χ2n) is 5.99. The van der Waals surface area contributed by atoms with Crippen LogP contribution >= 0.6 is 0 Å². The Morgan fingerprint density at radius 2 is 2.00 bits per heavy atom. The molecule has 1 atom stereocenters. The van der Waals surface area contributed by atoms with E-state index in [1.54, 1.807) is 6.21 Å². The largest absolute Gasteiger partial charge is 0.361 e. The van der Waals surface area contributed by atoms with Crippen molar-refractivity contribution in [1.29, 1.82) is 0 Å². The molecular weight excluding hydrogens is 260 g/mol. The van der Waals surface area contributed by atoms with Crippen molar-refractivity contribution in [1.82, 2.24) is 10.2 Å². The minimum Gasteiger partial charge on any atom is -0.361 e. The number of hydrogen-bond acceptors (Lipinski definition) is 4. The van der Waals surface area contributed by atoms with Gasteiger partial charge in [-0.15, -0.1) is 0 Å². The lowest BCUT2D eigenvalue weighted by molar-refractivity contribution is 0.391. The molecule has 1 saturated carbocycles. The molecule has 1 rings (SSSR count). The van der Waals surface area contributed by atoms with Crippen molar-refractivity contribution in [3.63, 3.8) is 0 Å². The molecule has 0 saturated heterocycles. The molecule has 0 aromatic carbocycles. The van der Waals surface area contributed by atoms with Gasteiger partial charge in [0.25, 0.3) is 0 Å². The number of nitrogens with two attached hydrogens (primary N) is 1. The SMILES string of the molecule is C=C(/N=C\C(N)N(C)/C=C/C1CCCCC1)NC=C(C)C. The van der Waals surface area contributed by atoms with Gasteiger partial charge in [0.15, 0.2) is 0 Å². The molecule has 1 aliphatic rings. The second kappa shape index (κ2) is 9.40. The van der Waals surface area contributed by atoms with Crippen LogP contribution < -0.4 is 11.1 Å². The van der Waals surface area contributed by atoms with Crippen molar-refractivity contribution in [3.8, 4) is 0 Å². The van der Waals surface area contributed by atoms with E-state index in [2.05, 4.69) is 29.2 Å². The smallest absolute Gasteiger partial charge is 0.122 e. The third-order valence-electron chi connectivity index (χ3n) is 3.62. The summed E-state index contributed by atoms with van der Waals surface area (Å²) in [5.74, 6) is 1.30. The van der Waals surface area contributed by atoms with Crippen molar-refractivity contribution < 1.29 is 0 Å². The molecule has 4 nitrogen and oxygen atoms in total. The maximum Gasteiger partial charge on any atom is 0.122 e. The summed E-state index contributed by atoms with van der Waals surface area (Å²) in [7, 11) is 1.97.